The number of carbonyl (C=O) groups is 1. The summed E-state index contributed by atoms with van der Waals surface area (Å²) in [6, 6.07) is 3.38. The van der Waals surface area contributed by atoms with E-state index >= 15 is 0 Å². The molecule has 2 aromatic rings. The van der Waals surface area contributed by atoms with Gasteiger partial charge >= 0.3 is 0 Å². The third-order valence-corrected chi connectivity index (χ3v) is 4.37. The molecule has 0 spiro atoms. The second-order valence-electron chi connectivity index (χ2n) is 6.14. The highest BCUT2D eigenvalue weighted by molar-refractivity contribution is 5.83. The fourth-order valence-corrected chi connectivity index (χ4v) is 3.03. The van der Waals surface area contributed by atoms with Crippen LogP contribution in [0, 0.1) is 11.6 Å². The zero-order chi connectivity index (χ0) is 17.4. The van der Waals surface area contributed by atoms with Crippen molar-refractivity contribution in [3.63, 3.8) is 0 Å². The van der Waals surface area contributed by atoms with Crippen LogP contribution in [0.15, 0.2) is 18.2 Å². The molecule has 1 fully saturated rings. The Hall–Kier alpha value is -2.28. The topological polar surface area (TPSA) is 62.5 Å². The summed E-state index contributed by atoms with van der Waals surface area (Å²) in [4.78, 5) is 19.7. The van der Waals surface area contributed by atoms with E-state index in [0.29, 0.717) is 37.6 Å². The van der Waals surface area contributed by atoms with Crippen LogP contribution in [0.5, 0.6) is 0 Å². The summed E-state index contributed by atoms with van der Waals surface area (Å²) in [5.74, 6) is -0.635. The lowest BCUT2D eigenvalue weighted by Gasteiger charge is -2.36. The smallest absolute Gasteiger partial charge is 0.219 e. The van der Waals surface area contributed by atoms with E-state index in [-0.39, 0.29) is 22.9 Å². The Morgan fingerprint density at radius 2 is 1.88 bits per heavy atom. The predicted octanol–water partition coefficient (Wildman–Crippen LogP) is 2.20. The minimum atomic E-state index is -0.659. The summed E-state index contributed by atoms with van der Waals surface area (Å²) in [6.07, 6.45) is 0. The molecule has 0 radical (unpaired) electrons. The maximum absolute atomic E-state index is 14.0. The van der Waals surface area contributed by atoms with Gasteiger partial charge in [0, 0.05) is 62.2 Å². The predicted molar refractivity (Wildman–Crippen MR) is 88.7 cm³/mol. The van der Waals surface area contributed by atoms with Crippen LogP contribution in [-0.2, 0) is 4.79 Å². The van der Waals surface area contributed by atoms with Crippen LogP contribution in [0.2, 0.25) is 0 Å². The normalized spacial score (nSPS) is 16.5. The molecule has 24 heavy (non-hydrogen) atoms. The van der Waals surface area contributed by atoms with Crippen LogP contribution >= 0.6 is 0 Å². The number of piperazine rings is 1. The third-order valence-electron chi connectivity index (χ3n) is 4.37. The first-order valence-corrected chi connectivity index (χ1v) is 7.92. The minimum absolute atomic E-state index is 0.0395. The van der Waals surface area contributed by atoms with Crippen LogP contribution in [0.3, 0.4) is 0 Å². The summed E-state index contributed by atoms with van der Waals surface area (Å²) in [5.41, 5.74) is 7.02. The van der Waals surface area contributed by atoms with Gasteiger partial charge in [-0.25, -0.2) is 13.8 Å². The van der Waals surface area contributed by atoms with Gasteiger partial charge in [0.25, 0.3) is 0 Å². The Labute approximate surface area is 139 Å². The van der Waals surface area contributed by atoms with Crippen LogP contribution in [0.25, 0.3) is 10.9 Å². The molecule has 1 aliphatic rings. The number of anilines is 1. The van der Waals surface area contributed by atoms with Crippen molar-refractivity contribution in [1.29, 1.82) is 0 Å². The molecule has 5 nitrogen and oxygen atoms in total. The van der Waals surface area contributed by atoms with Crippen LogP contribution in [-0.4, -0.2) is 42.0 Å². The molecule has 2 N–H and O–H groups in total. The number of hydrogen-bond acceptors (Lipinski definition) is 4. The Balaban J connectivity index is 2.03. The van der Waals surface area contributed by atoms with E-state index in [1.807, 2.05) is 4.90 Å². The van der Waals surface area contributed by atoms with Crippen LogP contribution in [0.4, 0.5) is 14.6 Å². The second-order valence-corrected chi connectivity index (χ2v) is 6.14. The van der Waals surface area contributed by atoms with Gasteiger partial charge < -0.3 is 15.5 Å². The number of halogens is 2. The molecule has 1 aromatic carbocycles. The highest BCUT2D eigenvalue weighted by Crippen LogP contribution is 2.30. The van der Waals surface area contributed by atoms with Crippen molar-refractivity contribution in [2.45, 2.75) is 19.9 Å². The summed E-state index contributed by atoms with van der Waals surface area (Å²) in [6.45, 7) is 5.74. The van der Waals surface area contributed by atoms with E-state index in [9.17, 15) is 13.6 Å². The van der Waals surface area contributed by atoms with Gasteiger partial charge in [-0.1, -0.05) is 0 Å². The first-order chi connectivity index (χ1) is 11.4. The zero-order valence-corrected chi connectivity index (χ0v) is 13.7. The maximum atomic E-state index is 14.0. The number of aromatic nitrogens is 1. The summed E-state index contributed by atoms with van der Waals surface area (Å²) in [7, 11) is 0. The standard InChI is InChI=1S/C17H20F2N4O/c1-10(20)13-9-14-15(19)7-12(18)8-16(14)21-17(13)23-5-3-22(4-6-23)11(2)24/h7-10H,3-6,20H2,1-2H3. The van der Waals surface area contributed by atoms with E-state index in [1.54, 1.807) is 24.8 Å². The number of carbonyl (C=O) groups excluding carboxylic acids is 1. The Bertz CT molecular complexity index is 786. The lowest BCUT2D eigenvalue weighted by molar-refractivity contribution is -0.129. The van der Waals surface area contributed by atoms with Gasteiger partial charge in [0.2, 0.25) is 5.91 Å². The number of rotatable bonds is 2. The maximum Gasteiger partial charge on any atom is 0.219 e. The second kappa shape index (κ2) is 6.32. The first kappa shape index (κ1) is 16.6. The molecular formula is C17H20F2N4O. The van der Waals surface area contributed by atoms with E-state index in [0.717, 1.165) is 6.07 Å². The van der Waals surface area contributed by atoms with Gasteiger partial charge in [-0.05, 0) is 13.0 Å². The number of nitrogens with zero attached hydrogens (tertiary/aromatic N) is 3. The zero-order valence-electron chi connectivity index (χ0n) is 13.7. The summed E-state index contributed by atoms with van der Waals surface area (Å²) < 4.78 is 27.5. The molecule has 1 saturated heterocycles. The molecular weight excluding hydrogens is 314 g/mol. The number of amides is 1. The molecule has 3 rings (SSSR count). The monoisotopic (exact) mass is 334 g/mol. The number of benzene rings is 1. The fraction of sp³-hybridized carbons (Fsp3) is 0.412. The highest BCUT2D eigenvalue weighted by Gasteiger charge is 2.23. The lowest BCUT2D eigenvalue weighted by atomic mass is 10.1. The van der Waals surface area contributed by atoms with E-state index < -0.39 is 11.6 Å². The average molecular weight is 334 g/mol. The van der Waals surface area contributed by atoms with Crippen molar-refractivity contribution in [3.8, 4) is 0 Å². The molecule has 128 valence electrons. The molecule has 7 heteroatoms. The lowest BCUT2D eigenvalue weighted by Crippen LogP contribution is -2.48. The van der Waals surface area contributed by atoms with Crippen LogP contribution in [0.1, 0.15) is 25.5 Å². The number of nitrogens with two attached hydrogens (primary N) is 1. The number of pyridine rings is 1. The van der Waals surface area contributed by atoms with E-state index in [1.165, 1.54) is 6.07 Å². The van der Waals surface area contributed by atoms with Gasteiger partial charge in [-0.3, -0.25) is 4.79 Å². The van der Waals surface area contributed by atoms with Gasteiger partial charge in [-0.15, -0.1) is 0 Å². The molecule has 1 atom stereocenters. The van der Waals surface area contributed by atoms with Gasteiger partial charge in [0.1, 0.15) is 17.5 Å². The Morgan fingerprint density at radius 3 is 2.46 bits per heavy atom. The van der Waals surface area contributed by atoms with E-state index in [4.69, 9.17) is 5.73 Å². The number of hydrogen-bond donors (Lipinski definition) is 1. The van der Waals surface area contributed by atoms with Gasteiger partial charge in [0.05, 0.1) is 5.52 Å². The molecule has 1 amide bonds. The number of fused-ring (bicyclic) bond motifs is 1. The third kappa shape index (κ3) is 3.03. The van der Waals surface area contributed by atoms with Crippen molar-refractivity contribution in [2.75, 3.05) is 31.1 Å². The molecule has 1 unspecified atom stereocenters. The average Bonchev–Trinajstić information content (AvgIpc) is 2.53. The first-order valence-electron chi connectivity index (χ1n) is 7.92. The molecule has 2 heterocycles. The molecule has 0 bridgehead atoms. The highest BCUT2D eigenvalue weighted by atomic mass is 19.1. The Kier molecular flexibility index (Phi) is 4.36. The van der Waals surface area contributed by atoms with Crippen molar-refractivity contribution in [1.82, 2.24) is 9.88 Å². The van der Waals surface area contributed by atoms with Crippen molar-refractivity contribution < 1.29 is 13.6 Å². The largest absolute Gasteiger partial charge is 0.353 e. The van der Waals surface area contributed by atoms with Crippen LogP contribution < -0.4 is 10.6 Å². The van der Waals surface area contributed by atoms with E-state index in [2.05, 4.69) is 4.98 Å². The molecule has 0 saturated carbocycles. The van der Waals surface area contributed by atoms with Crippen molar-refractivity contribution >= 4 is 22.6 Å². The fourth-order valence-electron chi connectivity index (χ4n) is 3.03. The van der Waals surface area contributed by atoms with Crippen molar-refractivity contribution in [2.24, 2.45) is 5.73 Å². The molecule has 1 aliphatic heterocycles. The van der Waals surface area contributed by atoms with Gasteiger partial charge in [0.15, 0.2) is 0 Å². The van der Waals surface area contributed by atoms with Crippen molar-refractivity contribution in [3.05, 3.63) is 35.4 Å². The minimum Gasteiger partial charge on any atom is -0.353 e. The SMILES string of the molecule is CC(=O)N1CCN(c2nc3cc(F)cc(F)c3cc2C(C)N)CC1. The summed E-state index contributed by atoms with van der Waals surface area (Å²) in [5, 5.41) is 0.259. The molecule has 0 aliphatic carbocycles. The van der Waals surface area contributed by atoms with Gasteiger partial charge in [-0.2, -0.15) is 0 Å². The summed E-state index contributed by atoms with van der Waals surface area (Å²) >= 11 is 0. The quantitative estimate of drug-likeness (QED) is 0.915. The molecule has 1 aromatic heterocycles. The Morgan fingerprint density at radius 1 is 1.21 bits per heavy atom.